The normalized spacial score (nSPS) is 13.0. The maximum atomic E-state index is 14.2. The van der Waals surface area contributed by atoms with Crippen molar-refractivity contribution in [2.24, 2.45) is 0 Å². The number of aromatic nitrogens is 1. The summed E-state index contributed by atoms with van der Waals surface area (Å²) < 4.78 is 45.9. The van der Waals surface area contributed by atoms with Crippen LogP contribution >= 0.6 is 49.0 Å². The summed E-state index contributed by atoms with van der Waals surface area (Å²) in [6.07, 6.45) is 1.47. The summed E-state index contributed by atoms with van der Waals surface area (Å²) in [4.78, 5) is 31.4. The quantitative estimate of drug-likeness (QED) is 0.0153. The fourth-order valence-electron chi connectivity index (χ4n) is 8.38. The number of hydrogen-bond acceptors (Lipinski definition) is 11. The van der Waals surface area contributed by atoms with Gasteiger partial charge >= 0.3 is 0 Å². The summed E-state index contributed by atoms with van der Waals surface area (Å²) in [7, 11) is -0.269. The number of nitrogens with zero attached hydrogens (tertiary/aromatic N) is 4. The van der Waals surface area contributed by atoms with Gasteiger partial charge in [-0.3, -0.25) is 19.6 Å². The highest BCUT2D eigenvalue weighted by Crippen LogP contribution is 2.40. The van der Waals surface area contributed by atoms with Gasteiger partial charge in [0.2, 0.25) is 0 Å². The van der Waals surface area contributed by atoms with E-state index in [1.165, 1.54) is 24.3 Å². The number of carbonyl (C=O) groups excluding carboxylic acids is 1. The molecule has 5 aromatic carbocycles. The molecule has 2 heterocycles. The molecule has 0 radical (unpaired) electrons. The Labute approximate surface area is 450 Å². The number of aliphatic hydroxyl groups excluding tert-OH is 1. The number of thioether (sulfide) groups is 1. The van der Waals surface area contributed by atoms with Gasteiger partial charge in [0, 0.05) is 90.1 Å². The number of likely N-dealkylation sites (N-methyl/N-ethyl adjacent to an activating group) is 1. The van der Waals surface area contributed by atoms with E-state index in [9.17, 15) is 32.8 Å². The molecule has 1 saturated heterocycles. The summed E-state index contributed by atoms with van der Waals surface area (Å²) in [5.41, 5.74) is 5.16. The van der Waals surface area contributed by atoms with E-state index in [4.69, 9.17) is 0 Å². The van der Waals surface area contributed by atoms with Crippen LogP contribution in [0.1, 0.15) is 40.0 Å². The molecule has 20 heteroatoms. The molecular weight excluding hydrogens is 1030 g/mol. The van der Waals surface area contributed by atoms with Crippen LogP contribution in [0.25, 0.3) is 22.4 Å². The van der Waals surface area contributed by atoms with E-state index >= 15 is 0 Å². The fourth-order valence-corrected chi connectivity index (χ4v) is 10.5. The van der Waals surface area contributed by atoms with E-state index in [0.717, 1.165) is 50.1 Å². The molecule has 390 valence electrons. The van der Waals surface area contributed by atoms with Gasteiger partial charge in [0.05, 0.1) is 27.7 Å². The molecule has 1 aliphatic heterocycles. The number of halogens is 4. The Morgan fingerprint density at radius 2 is 1.55 bits per heavy atom. The number of hydrogen-bond donors (Lipinski definition) is 5. The zero-order valence-corrected chi connectivity index (χ0v) is 44.9. The number of carbonyl (C=O) groups is 1. The lowest BCUT2D eigenvalue weighted by Crippen LogP contribution is -2.45. The molecule has 5 N–H and O–H groups in total. The van der Waals surface area contributed by atoms with Crippen molar-refractivity contribution in [1.82, 2.24) is 25.0 Å². The Morgan fingerprint density at radius 1 is 0.849 bits per heavy atom. The van der Waals surface area contributed by atoms with Crippen molar-refractivity contribution >= 4 is 82.0 Å². The predicted octanol–water partition coefficient (Wildman–Crippen LogP) is 9.19. The smallest absolute Gasteiger partial charge is 0.293 e. The van der Waals surface area contributed by atoms with Gasteiger partial charge in [0.25, 0.3) is 21.6 Å². The number of nitro groups is 1. The molecule has 73 heavy (non-hydrogen) atoms. The third kappa shape index (κ3) is 16.2. The molecule has 0 bridgehead atoms. The molecule has 14 nitrogen and oxygen atoms in total. The molecule has 1 aliphatic rings. The number of nitro benzene ring substituents is 1. The average Bonchev–Trinajstić information content (AvgIpc) is 3.65. The predicted molar refractivity (Wildman–Crippen MR) is 299 cm³/mol. The van der Waals surface area contributed by atoms with Crippen LogP contribution in [0.2, 0.25) is 0 Å². The van der Waals surface area contributed by atoms with Gasteiger partial charge in [-0.05, 0) is 143 Å². The van der Waals surface area contributed by atoms with E-state index in [0.29, 0.717) is 70.0 Å². The molecule has 0 aliphatic carbocycles. The first-order valence-electron chi connectivity index (χ1n) is 23.2. The zero-order valence-electron chi connectivity index (χ0n) is 40.8. The van der Waals surface area contributed by atoms with E-state index in [2.05, 4.69) is 49.4 Å². The standard InChI is InChI=1S/C53H59FN8O6S2.3ClH/c1-38-50(53(64)56-26-8-28-60-31-29-59(3)30-32-60)51(52(61(38)33-34-63)41-17-19-43(54)20-18-41)42-10-7-9-40(35-42)14-13-39-15-21-44(22-16-39)58-70(67,68)47-23-24-48(49(36-47)62(65)66)57-45(25-27-55-2)37-69-46-11-5-4-6-12-46;;;/h4-7,9-12,15-24,35-36,45,55,57-58,63H,8,25-34,37H2,1-3H3,(H,56,64);3*1H/t45-;;;/m1.../s1. The molecule has 1 amide bonds. The van der Waals surface area contributed by atoms with Crippen molar-refractivity contribution in [3.63, 3.8) is 0 Å². The number of benzene rings is 5. The van der Waals surface area contributed by atoms with Gasteiger partial charge in [-0.1, -0.05) is 42.2 Å². The number of rotatable bonds is 21. The third-order valence-electron chi connectivity index (χ3n) is 12.1. The van der Waals surface area contributed by atoms with Gasteiger partial charge in [-0.25, -0.2) is 12.8 Å². The number of aliphatic hydroxyl groups is 1. The second-order valence-electron chi connectivity index (χ2n) is 17.1. The summed E-state index contributed by atoms with van der Waals surface area (Å²) in [5, 5.41) is 32.0. The Bertz CT molecular complexity index is 2930. The third-order valence-corrected chi connectivity index (χ3v) is 14.7. The minimum absolute atomic E-state index is 0. The second kappa shape index (κ2) is 28.7. The van der Waals surface area contributed by atoms with Crippen LogP contribution in [0.5, 0.6) is 0 Å². The van der Waals surface area contributed by atoms with E-state index in [-0.39, 0.29) is 84.3 Å². The Hall–Kier alpha value is -5.65. The number of sulfonamides is 1. The van der Waals surface area contributed by atoms with Gasteiger partial charge in [-0.2, -0.15) is 0 Å². The summed E-state index contributed by atoms with van der Waals surface area (Å²) >= 11 is 1.63. The number of amides is 1. The molecule has 6 aromatic rings. The fraction of sp³-hybridized carbons (Fsp3) is 0.302. The van der Waals surface area contributed by atoms with Crippen LogP contribution in [0, 0.1) is 34.7 Å². The van der Waals surface area contributed by atoms with Crippen molar-refractivity contribution in [2.45, 2.75) is 42.1 Å². The first kappa shape index (κ1) is 59.9. The van der Waals surface area contributed by atoms with Crippen LogP contribution < -0.4 is 20.7 Å². The Kier molecular flexibility index (Phi) is 23.6. The lowest BCUT2D eigenvalue weighted by atomic mass is 9.95. The van der Waals surface area contributed by atoms with Crippen molar-refractivity contribution < 1.29 is 27.6 Å². The Morgan fingerprint density at radius 3 is 2.22 bits per heavy atom. The molecule has 1 fully saturated rings. The molecule has 0 unspecified atom stereocenters. The summed E-state index contributed by atoms with van der Waals surface area (Å²) in [5.74, 6) is 6.33. The number of anilines is 2. The average molecular weight is 1100 g/mol. The van der Waals surface area contributed by atoms with Crippen LogP contribution in [-0.4, -0.2) is 117 Å². The van der Waals surface area contributed by atoms with E-state index < -0.39 is 20.8 Å². The van der Waals surface area contributed by atoms with Crippen LogP contribution in [0.3, 0.4) is 0 Å². The highest BCUT2D eigenvalue weighted by molar-refractivity contribution is 7.99. The van der Waals surface area contributed by atoms with Crippen molar-refractivity contribution in [2.75, 3.05) is 82.3 Å². The zero-order chi connectivity index (χ0) is 49.6. The molecule has 0 saturated carbocycles. The largest absolute Gasteiger partial charge is 0.395 e. The van der Waals surface area contributed by atoms with Crippen molar-refractivity contribution in [3.05, 3.63) is 160 Å². The SMILES string of the molecule is CNCC[C@H](CSc1ccccc1)Nc1ccc(S(=O)(=O)Nc2ccc(C#Cc3cccc(-c4c(C(=O)NCCCN5CCN(C)CC5)c(C)n(CCO)c4-c4ccc(F)cc4)c3)cc2)cc1[N+](=O)[O-].Cl.Cl.Cl. The van der Waals surface area contributed by atoms with Crippen LogP contribution in [-0.2, 0) is 16.6 Å². The van der Waals surface area contributed by atoms with Crippen molar-refractivity contribution in [1.29, 1.82) is 0 Å². The minimum atomic E-state index is -4.23. The van der Waals surface area contributed by atoms with Gasteiger partial charge in [0.15, 0.2) is 0 Å². The molecule has 1 atom stereocenters. The van der Waals surface area contributed by atoms with Crippen LogP contribution in [0.4, 0.5) is 21.5 Å². The van der Waals surface area contributed by atoms with E-state index in [1.807, 2.05) is 73.1 Å². The summed E-state index contributed by atoms with van der Waals surface area (Å²) in [6, 6.07) is 33.6. The maximum absolute atomic E-state index is 14.2. The summed E-state index contributed by atoms with van der Waals surface area (Å²) in [6.45, 7) is 7.93. The van der Waals surface area contributed by atoms with Gasteiger partial charge in [0.1, 0.15) is 11.5 Å². The van der Waals surface area contributed by atoms with Gasteiger partial charge < -0.3 is 35.4 Å². The maximum Gasteiger partial charge on any atom is 0.293 e. The molecule has 7 rings (SSSR count). The van der Waals surface area contributed by atoms with Crippen molar-refractivity contribution in [3.8, 4) is 34.2 Å². The monoisotopic (exact) mass is 1090 g/mol. The van der Waals surface area contributed by atoms with Gasteiger partial charge in [-0.15, -0.1) is 49.0 Å². The first-order valence-corrected chi connectivity index (χ1v) is 25.7. The number of nitrogens with one attached hydrogen (secondary N) is 4. The van der Waals surface area contributed by atoms with E-state index in [1.54, 1.807) is 48.2 Å². The van der Waals surface area contributed by atoms with Crippen LogP contribution in [0.15, 0.2) is 131 Å². The highest BCUT2D eigenvalue weighted by atomic mass is 35.5. The molecule has 0 spiro atoms. The highest BCUT2D eigenvalue weighted by Gasteiger charge is 2.28. The molecule has 1 aromatic heterocycles. The lowest BCUT2D eigenvalue weighted by molar-refractivity contribution is -0.384. The minimum Gasteiger partial charge on any atom is -0.395 e. The molecular formula is C53H62Cl3FN8O6S2. The number of piperazine rings is 1. The second-order valence-corrected chi connectivity index (χ2v) is 19.9. The topological polar surface area (TPSA) is 174 Å². The Balaban J connectivity index is 0.00000385. The lowest BCUT2D eigenvalue weighted by Gasteiger charge is -2.32. The first-order chi connectivity index (χ1) is 33.8.